The van der Waals surface area contributed by atoms with E-state index in [4.69, 9.17) is 16.3 Å². The smallest absolute Gasteiger partial charge is 0.295 e. The van der Waals surface area contributed by atoms with Gasteiger partial charge in [-0.3, -0.25) is 9.59 Å². The quantitative estimate of drug-likeness (QED) is 0.284. The number of nitrogens with one attached hydrogen (secondary N) is 1. The number of carbonyl (C=O) groups is 2. The summed E-state index contributed by atoms with van der Waals surface area (Å²) in [6.45, 7) is 14.1. The van der Waals surface area contributed by atoms with Crippen molar-refractivity contribution < 1.29 is 24.3 Å². The second kappa shape index (κ2) is 12.4. The summed E-state index contributed by atoms with van der Waals surface area (Å²) in [4.78, 5) is 29.4. The summed E-state index contributed by atoms with van der Waals surface area (Å²) < 4.78 is 5.47. The topological polar surface area (TPSA) is 74.1 Å². The summed E-state index contributed by atoms with van der Waals surface area (Å²) in [7, 11) is 0. The molecule has 194 valence electrons. The first kappa shape index (κ1) is 27.8. The zero-order chi connectivity index (χ0) is 26.4. The van der Waals surface area contributed by atoms with Crippen molar-refractivity contribution in [1.29, 1.82) is 0 Å². The van der Waals surface area contributed by atoms with E-state index in [1.54, 1.807) is 17.0 Å². The van der Waals surface area contributed by atoms with Crippen LogP contribution in [0.1, 0.15) is 69.7 Å². The number of carbonyl (C=O) groups excluding carboxylic acids is 2. The normalized spacial score (nSPS) is 17.4. The first-order chi connectivity index (χ1) is 17.2. The van der Waals surface area contributed by atoms with Crippen LogP contribution < -0.4 is 14.7 Å². The summed E-state index contributed by atoms with van der Waals surface area (Å²) >= 11 is 6.33. The molecule has 1 atom stereocenters. The van der Waals surface area contributed by atoms with Crippen molar-refractivity contribution in [2.75, 3.05) is 32.8 Å². The number of hydrogen-bond acceptors (Lipinski definition) is 4. The molecular formula is C29H37ClN2O4. The lowest BCUT2D eigenvalue weighted by molar-refractivity contribution is -0.896. The highest BCUT2D eigenvalue weighted by atomic mass is 35.5. The fourth-order valence-electron chi connectivity index (χ4n) is 4.68. The largest absolute Gasteiger partial charge is 0.872 e. The van der Waals surface area contributed by atoms with Gasteiger partial charge in [0.1, 0.15) is 5.75 Å². The van der Waals surface area contributed by atoms with Crippen molar-refractivity contribution in [2.45, 2.75) is 53.0 Å². The fourth-order valence-corrected chi connectivity index (χ4v) is 4.92. The minimum Gasteiger partial charge on any atom is -0.872 e. The molecule has 1 N–H and O–H groups in total. The number of likely N-dealkylation sites (tertiary alicyclic amines) is 1. The number of ketones is 1. The van der Waals surface area contributed by atoms with Gasteiger partial charge < -0.3 is 19.6 Å². The van der Waals surface area contributed by atoms with Crippen LogP contribution in [0.4, 0.5) is 0 Å². The van der Waals surface area contributed by atoms with Crippen LogP contribution in [0, 0.1) is 0 Å². The van der Waals surface area contributed by atoms with Gasteiger partial charge in [0.15, 0.2) is 0 Å². The minimum atomic E-state index is -0.738. The van der Waals surface area contributed by atoms with Crippen molar-refractivity contribution in [2.24, 2.45) is 0 Å². The third-order valence-electron chi connectivity index (χ3n) is 6.87. The Balaban J connectivity index is 2.05. The van der Waals surface area contributed by atoms with Crippen LogP contribution in [0.15, 0.2) is 48.0 Å². The highest BCUT2D eigenvalue weighted by Crippen LogP contribution is 2.40. The van der Waals surface area contributed by atoms with Crippen LogP contribution >= 0.6 is 11.6 Å². The van der Waals surface area contributed by atoms with E-state index in [-0.39, 0.29) is 16.2 Å². The molecule has 1 saturated heterocycles. The van der Waals surface area contributed by atoms with Gasteiger partial charge in [-0.05, 0) is 55.5 Å². The Kier molecular flexibility index (Phi) is 9.57. The first-order valence-corrected chi connectivity index (χ1v) is 13.2. The summed E-state index contributed by atoms with van der Waals surface area (Å²) in [5.74, 6) is -1.03. The monoisotopic (exact) mass is 512 g/mol. The third kappa shape index (κ3) is 5.93. The Bertz CT molecular complexity index is 1110. The van der Waals surface area contributed by atoms with Gasteiger partial charge in [0.2, 0.25) is 5.78 Å². The van der Waals surface area contributed by atoms with E-state index < -0.39 is 23.5 Å². The number of nitrogens with zero attached hydrogens (tertiary/aromatic N) is 1. The van der Waals surface area contributed by atoms with Gasteiger partial charge in [0, 0.05) is 18.5 Å². The number of Topliss-reactive ketones (excluding diaryl/α,β-unsaturated/α-hetero) is 1. The minimum absolute atomic E-state index is 0.0206. The van der Waals surface area contributed by atoms with Crippen LogP contribution in [0.25, 0.3) is 5.76 Å². The Labute approximate surface area is 219 Å². The van der Waals surface area contributed by atoms with E-state index >= 15 is 0 Å². The molecule has 0 aromatic heterocycles. The Morgan fingerprint density at radius 2 is 1.75 bits per heavy atom. The second-order valence-corrected chi connectivity index (χ2v) is 9.84. The van der Waals surface area contributed by atoms with Gasteiger partial charge in [-0.1, -0.05) is 61.5 Å². The number of rotatable bonds is 11. The molecule has 0 bridgehead atoms. The number of quaternary nitrogens is 1. The summed E-state index contributed by atoms with van der Waals surface area (Å²) in [6.07, 6.45) is 0.743. The predicted molar refractivity (Wildman–Crippen MR) is 141 cm³/mol. The van der Waals surface area contributed by atoms with Crippen molar-refractivity contribution >= 4 is 29.1 Å². The number of halogens is 1. The van der Waals surface area contributed by atoms with E-state index in [1.807, 2.05) is 31.2 Å². The molecule has 3 rings (SSSR count). The molecule has 2 aromatic carbocycles. The maximum absolute atomic E-state index is 13.7. The molecule has 1 aliphatic heterocycles. The van der Waals surface area contributed by atoms with E-state index in [0.29, 0.717) is 24.8 Å². The Hall–Kier alpha value is -2.83. The van der Waals surface area contributed by atoms with Crippen molar-refractivity contribution in [1.82, 2.24) is 4.90 Å². The molecule has 1 heterocycles. The molecular weight excluding hydrogens is 476 g/mol. The van der Waals surface area contributed by atoms with E-state index in [9.17, 15) is 14.7 Å². The van der Waals surface area contributed by atoms with Crippen LogP contribution in [-0.4, -0.2) is 49.4 Å². The molecule has 1 amide bonds. The SMILES string of the molecule is CCOc1ccc(/C([O-])=C2\C(=O)C(=O)N(CCC[NH+](CC)CC)C2c2ccc(C(C)C)cc2)cc1Cl. The average molecular weight is 513 g/mol. The average Bonchev–Trinajstić information content (AvgIpc) is 3.12. The molecule has 0 aliphatic carbocycles. The predicted octanol–water partition coefficient (Wildman–Crippen LogP) is 3.40. The van der Waals surface area contributed by atoms with E-state index in [2.05, 4.69) is 27.7 Å². The zero-order valence-corrected chi connectivity index (χ0v) is 22.7. The van der Waals surface area contributed by atoms with Gasteiger partial charge in [-0.15, -0.1) is 0 Å². The summed E-state index contributed by atoms with van der Waals surface area (Å²) in [6, 6.07) is 11.8. The molecule has 6 nitrogen and oxygen atoms in total. The number of ether oxygens (including phenoxy) is 1. The van der Waals surface area contributed by atoms with Gasteiger partial charge in [-0.25, -0.2) is 0 Å². The van der Waals surface area contributed by atoms with Crippen LogP contribution in [0.3, 0.4) is 0 Å². The van der Waals surface area contributed by atoms with Crippen LogP contribution in [0.5, 0.6) is 5.75 Å². The molecule has 1 fully saturated rings. The van der Waals surface area contributed by atoms with Crippen LogP contribution in [0.2, 0.25) is 5.02 Å². The van der Waals surface area contributed by atoms with Gasteiger partial charge in [0.25, 0.3) is 5.91 Å². The number of hydrogen-bond donors (Lipinski definition) is 1. The molecule has 36 heavy (non-hydrogen) atoms. The van der Waals surface area contributed by atoms with Gasteiger partial charge in [0.05, 0.1) is 37.3 Å². The Morgan fingerprint density at radius 1 is 1.08 bits per heavy atom. The lowest BCUT2D eigenvalue weighted by Crippen LogP contribution is -3.11. The number of amides is 1. The molecule has 0 radical (unpaired) electrons. The summed E-state index contributed by atoms with van der Waals surface area (Å²) in [5.41, 5.74) is 2.15. The lowest BCUT2D eigenvalue weighted by Gasteiger charge is -2.28. The fraction of sp³-hybridized carbons (Fsp3) is 0.448. The third-order valence-corrected chi connectivity index (χ3v) is 7.17. The molecule has 0 spiro atoms. The summed E-state index contributed by atoms with van der Waals surface area (Å²) in [5, 5.41) is 14.0. The van der Waals surface area contributed by atoms with E-state index in [0.717, 1.165) is 37.2 Å². The lowest BCUT2D eigenvalue weighted by atomic mass is 9.93. The zero-order valence-electron chi connectivity index (χ0n) is 21.9. The number of benzene rings is 2. The van der Waals surface area contributed by atoms with Crippen LogP contribution in [-0.2, 0) is 9.59 Å². The van der Waals surface area contributed by atoms with Crippen molar-refractivity contribution in [3.8, 4) is 5.75 Å². The van der Waals surface area contributed by atoms with Crippen molar-refractivity contribution in [3.63, 3.8) is 0 Å². The maximum Gasteiger partial charge on any atom is 0.295 e. The van der Waals surface area contributed by atoms with E-state index in [1.165, 1.54) is 11.0 Å². The highest BCUT2D eigenvalue weighted by Gasteiger charge is 2.44. The molecule has 1 unspecified atom stereocenters. The second-order valence-electron chi connectivity index (χ2n) is 9.43. The molecule has 1 aliphatic rings. The van der Waals surface area contributed by atoms with Gasteiger partial charge in [-0.2, -0.15) is 0 Å². The Morgan fingerprint density at radius 3 is 2.31 bits per heavy atom. The molecule has 7 heteroatoms. The molecule has 2 aromatic rings. The standard InChI is InChI=1S/C29H37ClN2O4/c1-6-31(7-2)16-9-17-32-26(21-12-10-20(11-13-21)19(4)5)25(28(34)29(32)35)27(33)22-14-15-24(36-8-3)23(30)18-22/h10-15,18-19,26,33H,6-9,16-17H2,1-5H3/b27-25+. The van der Waals surface area contributed by atoms with Gasteiger partial charge >= 0.3 is 0 Å². The maximum atomic E-state index is 13.7. The van der Waals surface area contributed by atoms with Crippen molar-refractivity contribution in [3.05, 3.63) is 69.8 Å². The molecule has 0 saturated carbocycles. The first-order valence-electron chi connectivity index (χ1n) is 12.9. The highest BCUT2D eigenvalue weighted by molar-refractivity contribution is 6.46.